The number of hydrogen-bond acceptors (Lipinski definition) is 8. The molecular formula is C36H38N2O7. The number of carbonyl (C=O) groups excluding carboxylic acids is 2. The molecule has 0 spiro atoms. The molecule has 45 heavy (non-hydrogen) atoms. The van der Waals surface area contributed by atoms with Gasteiger partial charge in [0.1, 0.15) is 36.3 Å². The summed E-state index contributed by atoms with van der Waals surface area (Å²) in [5, 5.41) is 10.4. The van der Waals surface area contributed by atoms with Gasteiger partial charge in [-0.2, -0.15) is 0 Å². The molecule has 0 unspecified atom stereocenters. The van der Waals surface area contributed by atoms with E-state index in [2.05, 4.69) is 31.3 Å². The minimum atomic E-state index is -0.714. The van der Waals surface area contributed by atoms with E-state index < -0.39 is 12.2 Å². The number of amides is 1. The summed E-state index contributed by atoms with van der Waals surface area (Å²) in [4.78, 5) is 23.1. The van der Waals surface area contributed by atoms with Crippen LogP contribution < -0.4 is 19.5 Å². The number of ether oxygens (including phenoxy) is 5. The first-order valence-corrected chi connectivity index (χ1v) is 14.7. The lowest BCUT2D eigenvalue weighted by Gasteiger charge is -2.26. The maximum absolute atomic E-state index is 11.6. The fourth-order valence-corrected chi connectivity index (χ4v) is 4.52. The highest BCUT2D eigenvalue weighted by Gasteiger charge is 2.23. The van der Waals surface area contributed by atoms with Crippen molar-refractivity contribution < 1.29 is 33.3 Å². The van der Waals surface area contributed by atoms with Crippen molar-refractivity contribution in [2.75, 3.05) is 13.2 Å². The first-order chi connectivity index (χ1) is 21.7. The van der Waals surface area contributed by atoms with E-state index in [-0.39, 0.29) is 24.5 Å². The minimum absolute atomic E-state index is 0.0414. The minimum Gasteiger partial charge on any atom is -0.489 e. The van der Waals surface area contributed by atoms with Gasteiger partial charge in [-0.1, -0.05) is 56.3 Å². The van der Waals surface area contributed by atoms with Crippen LogP contribution in [0.3, 0.4) is 0 Å². The van der Waals surface area contributed by atoms with Crippen molar-refractivity contribution >= 4 is 18.1 Å². The normalized spacial score (nSPS) is 10.8. The van der Waals surface area contributed by atoms with Crippen molar-refractivity contribution in [2.24, 2.45) is 0 Å². The summed E-state index contributed by atoms with van der Waals surface area (Å²) in [5.74, 6) is 1.80. The molecule has 2 N–H and O–H groups in total. The van der Waals surface area contributed by atoms with E-state index in [9.17, 15) is 9.59 Å². The lowest BCUT2D eigenvalue weighted by molar-refractivity contribution is 0.104. The van der Waals surface area contributed by atoms with Crippen LogP contribution in [0.1, 0.15) is 55.5 Å². The van der Waals surface area contributed by atoms with Crippen molar-refractivity contribution in [3.63, 3.8) is 0 Å². The fraction of sp³-hybridized carbons (Fsp3) is 0.250. The number of amidine groups is 1. The smallest absolute Gasteiger partial charge is 0.489 e. The second kappa shape index (κ2) is 15.4. The summed E-state index contributed by atoms with van der Waals surface area (Å²) in [5.41, 5.74) is 4.47. The highest BCUT2D eigenvalue weighted by atomic mass is 16.7. The Balaban J connectivity index is 1.28. The van der Waals surface area contributed by atoms with Gasteiger partial charge in [-0.3, -0.25) is 10.7 Å². The molecule has 0 saturated carbocycles. The molecule has 0 aromatic heterocycles. The number of rotatable bonds is 12. The molecule has 234 valence electrons. The summed E-state index contributed by atoms with van der Waals surface area (Å²) in [6.07, 6.45) is -1.37. The molecule has 0 atom stereocenters. The van der Waals surface area contributed by atoms with E-state index in [1.807, 2.05) is 48.5 Å². The van der Waals surface area contributed by atoms with Gasteiger partial charge in [0.2, 0.25) is 0 Å². The third-order valence-corrected chi connectivity index (χ3v) is 7.06. The first kappa shape index (κ1) is 32.6. The van der Waals surface area contributed by atoms with Crippen molar-refractivity contribution in [1.82, 2.24) is 5.32 Å². The number of alkyl carbamates (subject to hydrolysis) is 1. The second-order valence-electron chi connectivity index (χ2n) is 10.6. The largest absolute Gasteiger partial charge is 0.513 e. The van der Waals surface area contributed by atoms with E-state index in [0.29, 0.717) is 30.3 Å². The summed E-state index contributed by atoms with van der Waals surface area (Å²) < 4.78 is 26.8. The average Bonchev–Trinajstić information content (AvgIpc) is 3.04. The van der Waals surface area contributed by atoms with Crippen LogP contribution in [0.25, 0.3) is 0 Å². The number of benzene rings is 4. The summed E-state index contributed by atoms with van der Waals surface area (Å²) in [6, 6.07) is 30.4. The predicted molar refractivity (Wildman–Crippen MR) is 171 cm³/mol. The summed E-state index contributed by atoms with van der Waals surface area (Å²) >= 11 is 0. The molecule has 0 heterocycles. The molecule has 4 rings (SSSR count). The molecule has 0 aliphatic carbocycles. The van der Waals surface area contributed by atoms with Gasteiger partial charge < -0.3 is 23.7 Å². The van der Waals surface area contributed by atoms with E-state index in [4.69, 9.17) is 29.1 Å². The topological polar surface area (TPSA) is 116 Å². The van der Waals surface area contributed by atoms with Crippen molar-refractivity contribution in [1.29, 1.82) is 5.41 Å². The maximum Gasteiger partial charge on any atom is 0.513 e. The van der Waals surface area contributed by atoms with Gasteiger partial charge in [-0.25, -0.2) is 9.59 Å². The molecule has 0 aliphatic heterocycles. The van der Waals surface area contributed by atoms with Gasteiger partial charge in [-0.15, -0.1) is 0 Å². The Morgan fingerprint density at radius 3 is 1.69 bits per heavy atom. The molecule has 0 fully saturated rings. The first-order valence-electron chi connectivity index (χ1n) is 14.7. The van der Waals surface area contributed by atoms with Crippen LogP contribution in [-0.4, -0.2) is 31.3 Å². The standard InChI is InChI=1S/C36H38N2O7/c1-5-41-34(39)38-33(37)27-10-16-30(17-11-27)43-23-25-8-7-9-26(22-25)24-44-31-18-12-28(13-19-31)36(3,4)29-14-20-32(21-15-29)45-35(40)42-6-2/h7-22H,5-6,23-24H2,1-4H3,(H2,37,38,39). The fourth-order valence-electron chi connectivity index (χ4n) is 4.52. The van der Waals surface area contributed by atoms with Crippen molar-refractivity contribution in [3.8, 4) is 17.2 Å². The van der Waals surface area contributed by atoms with Crippen LogP contribution in [0.4, 0.5) is 9.59 Å². The van der Waals surface area contributed by atoms with Crippen LogP contribution in [0, 0.1) is 5.41 Å². The molecule has 0 radical (unpaired) electrons. The molecule has 0 aliphatic rings. The molecule has 0 saturated heterocycles. The lowest BCUT2D eigenvalue weighted by atomic mass is 9.78. The van der Waals surface area contributed by atoms with Crippen LogP contribution in [-0.2, 0) is 28.1 Å². The van der Waals surface area contributed by atoms with Crippen LogP contribution in [0.2, 0.25) is 0 Å². The molecule has 1 amide bonds. The molecule has 9 nitrogen and oxygen atoms in total. The highest BCUT2D eigenvalue weighted by Crippen LogP contribution is 2.33. The van der Waals surface area contributed by atoms with E-state index in [1.54, 1.807) is 50.2 Å². The Hall–Kier alpha value is -5.31. The zero-order chi connectivity index (χ0) is 32.2. The third kappa shape index (κ3) is 9.34. The van der Waals surface area contributed by atoms with Crippen molar-refractivity contribution in [2.45, 2.75) is 46.3 Å². The van der Waals surface area contributed by atoms with Gasteiger partial charge in [0.05, 0.1) is 13.2 Å². The summed E-state index contributed by atoms with van der Waals surface area (Å²) in [7, 11) is 0. The summed E-state index contributed by atoms with van der Waals surface area (Å²) in [6.45, 7) is 8.98. The van der Waals surface area contributed by atoms with Crippen molar-refractivity contribution in [3.05, 3.63) is 125 Å². The Morgan fingerprint density at radius 1 is 0.689 bits per heavy atom. The average molecular weight is 611 g/mol. The predicted octanol–water partition coefficient (Wildman–Crippen LogP) is 7.78. The monoisotopic (exact) mass is 610 g/mol. The zero-order valence-corrected chi connectivity index (χ0v) is 25.9. The van der Waals surface area contributed by atoms with E-state index in [0.717, 1.165) is 28.0 Å². The second-order valence-corrected chi connectivity index (χ2v) is 10.6. The highest BCUT2D eigenvalue weighted by molar-refractivity contribution is 6.04. The van der Waals surface area contributed by atoms with Crippen LogP contribution >= 0.6 is 0 Å². The van der Waals surface area contributed by atoms with Crippen LogP contribution in [0.5, 0.6) is 17.2 Å². The third-order valence-electron chi connectivity index (χ3n) is 7.06. The number of nitrogens with one attached hydrogen (secondary N) is 2. The Labute approximate surface area is 263 Å². The zero-order valence-electron chi connectivity index (χ0n) is 25.9. The Morgan fingerprint density at radius 2 is 1.18 bits per heavy atom. The quantitative estimate of drug-likeness (QED) is 0.0728. The Bertz CT molecular complexity index is 1580. The molecule has 4 aromatic carbocycles. The molecule has 0 bridgehead atoms. The van der Waals surface area contributed by atoms with Gasteiger partial charge in [0.15, 0.2) is 0 Å². The van der Waals surface area contributed by atoms with Gasteiger partial charge in [-0.05, 0) is 90.7 Å². The Kier molecular flexibility index (Phi) is 11.2. The van der Waals surface area contributed by atoms with Crippen LogP contribution in [0.15, 0.2) is 97.1 Å². The molecular weight excluding hydrogens is 572 g/mol. The van der Waals surface area contributed by atoms with Gasteiger partial charge in [0.25, 0.3) is 0 Å². The van der Waals surface area contributed by atoms with Gasteiger partial charge >= 0.3 is 12.2 Å². The van der Waals surface area contributed by atoms with Gasteiger partial charge in [0, 0.05) is 11.0 Å². The van der Waals surface area contributed by atoms with E-state index in [1.165, 1.54) is 0 Å². The molecule has 9 heteroatoms. The van der Waals surface area contributed by atoms with E-state index >= 15 is 0 Å². The molecule has 4 aromatic rings. The number of carbonyl (C=O) groups is 2. The lowest BCUT2D eigenvalue weighted by Crippen LogP contribution is -2.30. The maximum atomic E-state index is 11.6. The SMILES string of the molecule is CCOC(=O)NC(=N)c1ccc(OCc2cccc(COc3ccc(C(C)(C)c4ccc(OC(=O)OCC)cc4)cc3)c2)cc1. The number of hydrogen-bond donors (Lipinski definition) is 2.